The average Bonchev–Trinajstić information content (AvgIpc) is 2.30. The number of amides is 1. The van der Waals surface area contributed by atoms with Crippen LogP contribution in [0.3, 0.4) is 0 Å². The van der Waals surface area contributed by atoms with E-state index in [2.05, 4.69) is 26.6 Å². The molecule has 94 valence electrons. The van der Waals surface area contributed by atoms with E-state index in [4.69, 9.17) is 11.6 Å². The number of rotatable bonds is 5. The van der Waals surface area contributed by atoms with E-state index < -0.39 is 0 Å². The Morgan fingerprint density at radius 3 is 2.82 bits per heavy atom. The fourth-order valence-electron chi connectivity index (χ4n) is 1.29. The number of benzene rings is 1. The van der Waals surface area contributed by atoms with Crippen molar-refractivity contribution >= 4 is 39.1 Å². The van der Waals surface area contributed by atoms with E-state index in [0.717, 1.165) is 16.7 Å². The molecule has 0 spiro atoms. The molecule has 0 aliphatic rings. The lowest BCUT2D eigenvalue weighted by atomic mass is 10.1. The molecule has 3 nitrogen and oxygen atoms in total. The number of carbonyl (C=O) groups is 1. The normalized spacial score (nSPS) is 12.2. The molecule has 1 rings (SSSR count). The highest BCUT2D eigenvalue weighted by molar-refractivity contribution is 9.10. The maximum atomic E-state index is 11.8. The number of anilines is 1. The number of halogens is 2. The van der Waals surface area contributed by atoms with Gasteiger partial charge in [-0.05, 0) is 40.7 Å². The van der Waals surface area contributed by atoms with Crippen LogP contribution in [0, 0.1) is 5.92 Å². The molecule has 5 heteroatoms. The van der Waals surface area contributed by atoms with Crippen LogP contribution in [0.25, 0.3) is 0 Å². The predicted molar refractivity (Wildman–Crippen MR) is 75.5 cm³/mol. The number of hydrogen-bond acceptors (Lipinski definition) is 2. The number of hydrogen-bond donors (Lipinski definition) is 2. The van der Waals surface area contributed by atoms with Crippen LogP contribution in [-0.2, 0) is 4.79 Å². The fourth-order valence-corrected chi connectivity index (χ4v) is 1.79. The van der Waals surface area contributed by atoms with Gasteiger partial charge in [0.15, 0.2) is 0 Å². The van der Waals surface area contributed by atoms with Crippen molar-refractivity contribution in [3.8, 4) is 0 Å². The summed E-state index contributed by atoms with van der Waals surface area (Å²) in [5.74, 6) is -0.0652. The standard InChI is InChI=1S/C12H16BrClN2O/c1-3-15-7-8(2)12(17)16-9-4-5-11(14)10(13)6-9/h4-6,8,15H,3,7H2,1-2H3,(H,16,17). The zero-order valence-corrected chi connectivity index (χ0v) is 12.2. The van der Waals surface area contributed by atoms with Gasteiger partial charge >= 0.3 is 0 Å². The Bertz CT molecular complexity index is 398. The number of nitrogens with one attached hydrogen (secondary N) is 2. The van der Waals surface area contributed by atoms with Gasteiger partial charge in [-0.2, -0.15) is 0 Å². The Labute approximate surface area is 115 Å². The van der Waals surface area contributed by atoms with E-state index in [1.54, 1.807) is 18.2 Å². The Morgan fingerprint density at radius 1 is 1.53 bits per heavy atom. The molecule has 0 aliphatic carbocycles. The summed E-state index contributed by atoms with van der Waals surface area (Å²) >= 11 is 9.20. The van der Waals surface area contributed by atoms with Crippen molar-refractivity contribution in [1.29, 1.82) is 0 Å². The molecule has 1 unspecified atom stereocenters. The van der Waals surface area contributed by atoms with Crippen molar-refractivity contribution in [2.45, 2.75) is 13.8 Å². The predicted octanol–water partition coefficient (Wildman–Crippen LogP) is 3.29. The second kappa shape index (κ2) is 6.99. The van der Waals surface area contributed by atoms with Crippen molar-refractivity contribution in [2.24, 2.45) is 5.92 Å². The van der Waals surface area contributed by atoms with Crippen LogP contribution in [-0.4, -0.2) is 19.0 Å². The lowest BCUT2D eigenvalue weighted by molar-refractivity contribution is -0.119. The lowest BCUT2D eigenvalue weighted by Crippen LogP contribution is -2.30. The smallest absolute Gasteiger partial charge is 0.228 e. The minimum absolute atomic E-state index is 0.000160. The quantitative estimate of drug-likeness (QED) is 0.874. The van der Waals surface area contributed by atoms with E-state index in [-0.39, 0.29) is 11.8 Å². The van der Waals surface area contributed by atoms with Gasteiger partial charge in [-0.3, -0.25) is 4.79 Å². The highest BCUT2D eigenvalue weighted by Gasteiger charge is 2.12. The summed E-state index contributed by atoms with van der Waals surface area (Å²) in [7, 11) is 0. The van der Waals surface area contributed by atoms with Crippen molar-refractivity contribution in [3.63, 3.8) is 0 Å². The van der Waals surface area contributed by atoms with Gasteiger partial charge in [0.05, 0.1) is 5.02 Å². The Kier molecular flexibility index (Phi) is 5.95. The van der Waals surface area contributed by atoms with Gasteiger partial charge in [0.1, 0.15) is 0 Å². The van der Waals surface area contributed by atoms with Crippen LogP contribution in [0.5, 0.6) is 0 Å². The molecule has 2 N–H and O–H groups in total. The molecule has 1 amide bonds. The third-order valence-electron chi connectivity index (χ3n) is 2.34. The van der Waals surface area contributed by atoms with Crippen molar-refractivity contribution in [2.75, 3.05) is 18.4 Å². The topological polar surface area (TPSA) is 41.1 Å². The maximum Gasteiger partial charge on any atom is 0.228 e. The van der Waals surface area contributed by atoms with Gasteiger partial charge in [-0.1, -0.05) is 25.4 Å². The zero-order chi connectivity index (χ0) is 12.8. The maximum absolute atomic E-state index is 11.8. The van der Waals surface area contributed by atoms with Crippen LogP contribution >= 0.6 is 27.5 Å². The number of carbonyl (C=O) groups excluding carboxylic acids is 1. The summed E-state index contributed by atoms with van der Waals surface area (Å²) in [6.45, 7) is 5.45. The van der Waals surface area contributed by atoms with E-state index in [1.165, 1.54) is 0 Å². The lowest BCUT2D eigenvalue weighted by Gasteiger charge is -2.12. The molecule has 1 aromatic carbocycles. The van der Waals surface area contributed by atoms with E-state index in [0.29, 0.717) is 11.6 Å². The molecule has 17 heavy (non-hydrogen) atoms. The monoisotopic (exact) mass is 318 g/mol. The second-order valence-corrected chi connectivity index (χ2v) is 5.09. The van der Waals surface area contributed by atoms with Gasteiger partial charge in [-0.25, -0.2) is 0 Å². The molecule has 0 fully saturated rings. The first-order chi connectivity index (χ1) is 8.04. The van der Waals surface area contributed by atoms with E-state index in [9.17, 15) is 4.79 Å². The largest absolute Gasteiger partial charge is 0.326 e. The molecular weight excluding hydrogens is 304 g/mol. The molecule has 0 radical (unpaired) electrons. The third-order valence-corrected chi connectivity index (χ3v) is 3.55. The van der Waals surface area contributed by atoms with Gasteiger partial charge in [0, 0.05) is 22.6 Å². The molecule has 1 aromatic rings. The van der Waals surface area contributed by atoms with Crippen LogP contribution in [0.2, 0.25) is 5.02 Å². The minimum Gasteiger partial charge on any atom is -0.326 e. The summed E-state index contributed by atoms with van der Waals surface area (Å²) in [5.41, 5.74) is 0.745. The third kappa shape index (κ3) is 4.66. The van der Waals surface area contributed by atoms with Crippen molar-refractivity contribution in [1.82, 2.24) is 5.32 Å². The van der Waals surface area contributed by atoms with E-state index in [1.807, 2.05) is 13.8 Å². The van der Waals surface area contributed by atoms with Crippen LogP contribution in [0.1, 0.15) is 13.8 Å². The van der Waals surface area contributed by atoms with Gasteiger partial charge in [0.25, 0.3) is 0 Å². The first-order valence-corrected chi connectivity index (χ1v) is 6.68. The minimum atomic E-state index is -0.0654. The Hall–Kier alpha value is -0.580. The molecule has 0 heterocycles. The molecule has 1 atom stereocenters. The zero-order valence-electron chi connectivity index (χ0n) is 9.89. The van der Waals surface area contributed by atoms with Gasteiger partial charge in [0.2, 0.25) is 5.91 Å². The summed E-state index contributed by atoms with van der Waals surface area (Å²) in [4.78, 5) is 11.8. The summed E-state index contributed by atoms with van der Waals surface area (Å²) in [6, 6.07) is 5.32. The highest BCUT2D eigenvalue weighted by atomic mass is 79.9. The first-order valence-electron chi connectivity index (χ1n) is 5.51. The molecule has 0 saturated heterocycles. The van der Waals surface area contributed by atoms with Crippen LogP contribution in [0.4, 0.5) is 5.69 Å². The van der Waals surface area contributed by atoms with Crippen molar-refractivity contribution in [3.05, 3.63) is 27.7 Å². The van der Waals surface area contributed by atoms with Gasteiger partial charge in [-0.15, -0.1) is 0 Å². The Balaban J connectivity index is 2.58. The van der Waals surface area contributed by atoms with Crippen LogP contribution < -0.4 is 10.6 Å². The highest BCUT2D eigenvalue weighted by Crippen LogP contribution is 2.25. The fraction of sp³-hybridized carbons (Fsp3) is 0.417. The molecule has 0 aliphatic heterocycles. The van der Waals surface area contributed by atoms with E-state index >= 15 is 0 Å². The summed E-state index contributed by atoms with van der Waals surface area (Å²) < 4.78 is 0.774. The molecular formula is C12H16BrClN2O. The molecule has 0 aromatic heterocycles. The van der Waals surface area contributed by atoms with Gasteiger partial charge < -0.3 is 10.6 Å². The second-order valence-electron chi connectivity index (χ2n) is 3.83. The van der Waals surface area contributed by atoms with Crippen LogP contribution in [0.15, 0.2) is 22.7 Å². The summed E-state index contributed by atoms with van der Waals surface area (Å²) in [5, 5.41) is 6.62. The summed E-state index contributed by atoms with van der Waals surface area (Å²) in [6.07, 6.45) is 0. The van der Waals surface area contributed by atoms with Crippen molar-refractivity contribution < 1.29 is 4.79 Å². The SMILES string of the molecule is CCNCC(C)C(=O)Nc1ccc(Cl)c(Br)c1. The molecule has 0 bridgehead atoms. The Morgan fingerprint density at radius 2 is 2.24 bits per heavy atom. The molecule has 0 saturated carbocycles. The average molecular weight is 320 g/mol. The first kappa shape index (κ1) is 14.5.